The second-order valence-electron chi connectivity index (χ2n) is 4.87. The molecule has 7 nitrogen and oxygen atoms in total. The summed E-state index contributed by atoms with van der Waals surface area (Å²) in [6.07, 6.45) is 0. The number of carbonyl (C=O) groups is 3. The summed E-state index contributed by atoms with van der Waals surface area (Å²) in [6.45, 7) is 17.6. The highest BCUT2D eigenvalue weighted by Gasteiger charge is 2.16. The van der Waals surface area contributed by atoms with Gasteiger partial charge in [-0.1, -0.05) is 0 Å². The number of quaternary nitrogens is 1. The summed E-state index contributed by atoms with van der Waals surface area (Å²) < 4.78 is 14.6. The van der Waals surface area contributed by atoms with Gasteiger partial charge in [-0.3, -0.25) is 14.4 Å². The molecule has 0 radical (unpaired) electrons. The van der Waals surface area contributed by atoms with E-state index in [0.717, 1.165) is 20.8 Å². The third kappa shape index (κ3) is 11.1. The van der Waals surface area contributed by atoms with Crippen LogP contribution >= 0.6 is 0 Å². The minimum atomic E-state index is -2.41. The van der Waals surface area contributed by atoms with Crippen LogP contribution in [0.2, 0.25) is 0 Å². The van der Waals surface area contributed by atoms with Crippen molar-refractivity contribution >= 4 is 25.2 Å². The van der Waals surface area contributed by atoms with Crippen molar-refractivity contribution in [3.8, 4) is 0 Å². The van der Waals surface area contributed by atoms with Gasteiger partial charge in [-0.05, 0) is 27.7 Å². The van der Waals surface area contributed by atoms with Crippen molar-refractivity contribution in [1.29, 1.82) is 0 Å². The van der Waals surface area contributed by atoms with Gasteiger partial charge in [0.25, 0.3) is 17.9 Å². The maximum Gasteiger partial charge on any atom is 0.541 e. The van der Waals surface area contributed by atoms with Gasteiger partial charge >= 0.3 is 7.32 Å². The third-order valence-electron chi connectivity index (χ3n) is 3.65. The average Bonchev–Trinajstić information content (AvgIpc) is 2.40. The van der Waals surface area contributed by atoms with Crippen molar-refractivity contribution in [2.75, 3.05) is 26.2 Å². The van der Waals surface area contributed by atoms with Gasteiger partial charge in [0.05, 0.1) is 26.2 Å². The van der Waals surface area contributed by atoms with E-state index >= 15 is 0 Å². The van der Waals surface area contributed by atoms with Crippen molar-refractivity contribution in [3.05, 3.63) is 0 Å². The van der Waals surface area contributed by atoms with Crippen LogP contribution in [0.3, 0.4) is 0 Å². The lowest BCUT2D eigenvalue weighted by molar-refractivity contribution is -0.921. The van der Waals surface area contributed by atoms with E-state index in [2.05, 4.69) is 41.7 Å². The molecule has 8 heteroatoms. The molecule has 130 valence electrons. The molecule has 0 aliphatic carbocycles. The van der Waals surface area contributed by atoms with Gasteiger partial charge in [0.1, 0.15) is 0 Å². The second-order valence-corrected chi connectivity index (χ2v) is 4.87. The normalized spacial score (nSPS) is 10.4. The fraction of sp³-hybridized carbons (Fsp3) is 0.786. The summed E-state index contributed by atoms with van der Waals surface area (Å²) in [4.78, 5) is 31.3. The topological polar surface area (TPSA) is 78.9 Å². The van der Waals surface area contributed by atoms with E-state index in [9.17, 15) is 14.4 Å². The first-order chi connectivity index (χ1) is 10.2. The number of nitrogens with zero attached hydrogens (tertiary/aromatic N) is 1. The zero-order valence-electron chi connectivity index (χ0n) is 14.9. The molecule has 0 amide bonds. The molecule has 0 aromatic rings. The molecule has 0 saturated carbocycles. The monoisotopic (exact) mass is 319 g/mol. The van der Waals surface area contributed by atoms with Crippen molar-refractivity contribution in [3.63, 3.8) is 0 Å². The lowest BCUT2D eigenvalue weighted by atomic mass is 10.2. The molecule has 0 unspecified atom stereocenters. The molecule has 0 aliphatic rings. The SMILES string of the molecule is CC(=O)O[BH-](OC(C)=O)OC(C)=O.CC[N+](CC)(CC)CC. The zero-order valence-corrected chi connectivity index (χ0v) is 14.9. The van der Waals surface area contributed by atoms with Gasteiger partial charge in [0.2, 0.25) is 0 Å². The van der Waals surface area contributed by atoms with Crippen LogP contribution in [0, 0.1) is 0 Å². The molecule has 0 saturated heterocycles. The van der Waals surface area contributed by atoms with E-state index < -0.39 is 25.2 Å². The summed E-state index contributed by atoms with van der Waals surface area (Å²) in [5.74, 6) is -2.03. The van der Waals surface area contributed by atoms with E-state index in [-0.39, 0.29) is 0 Å². The lowest BCUT2D eigenvalue weighted by Gasteiger charge is -2.34. The molecule has 0 rings (SSSR count). The Morgan fingerprint density at radius 1 is 0.682 bits per heavy atom. The molecule has 0 spiro atoms. The van der Waals surface area contributed by atoms with E-state index in [0.29, 0.717) is 0 Å². The molecule has 0 aliphatic heterocycles. The molecule has 22 heavy (non-hydrogen) atoms. The summed E-state index contributed by atoms with van der Waals surface area (Å²) in [5.41, 5.74) is 0. The van der Waals surface area contributed by atoms with Crippen LogP contribution in [0.25, 0.3) is 0 Å². The summed E-state index contributed by atoms with van der Waals surface area (Å²) >= 11 is 0. The van der Waals surface area contributed by atoms with E-state index in [1.165, 1.54) is 30.7 Å². The molecule has 0 heterocycles. The maximum absolute atomic E-state index is 10.4. The molecular weight excluding hydrogens is 289 g/mol. The Morgan fingerprint density at radius 3 is 1.00 bits per heavy atom. The van der Waals surface area contributed by atoms with E-state index in [1.54, 1.807) is 0 Å². The molecule has 0 aromatic heterocycles. The Labute approximate surface area is 133 Å². The van der Waals surface area contributed by atoms with Gasteiger partial charge in [-0.15, -0.1) is 0 Å². The first-order valence-corrected chi connectivity index (χ1v) is 7.68. The molecule has 0 fully saturated rings. The molecular formula is C14H30BNO6. The number of carbonyl (C=O) groups excluding carboxylic acids is 3. The molecule has 0 aromatic carbocycles. The molecule has 0 N–H and O–H groups in total. The van der Waals surface area contributed by atoms with Crippen LogP contribution in [0.1, 0.15) is 48.5 Å². The van der Waals surface area contributed by atoms with Gasteiger partial charge in [0, 0.05) is 20.8 Å². The van der Waals surface area contributed by atoms with Crippen LogP contribution in [0.4, 0.5) is 0 Å². The van der Waals surface area contributed by atoms with Crippen molar-refractivity contribution in [2.45, 2.75) is 48.5 Å². The van der Waals surface area contributed by atoms with Crippen LogP contribution in [0.15, 0.2) is 0 Å². The van der Waals surface area contributed by atoms with E-state index in [1.807, 2.05) is 0 Å². The van der Waals surface area contributed by atoms with Crippen LogP contribution in [-0.2, 0) is 28.3 Å². The quantitative estimate of drug-likeness (QED) is 0.519. The van der Waals surface area contributed by atoms with Gasteiger partial charge < -0.3 is 18.4 Å². The Kier molecular flexibility index (Phi) is 12.4. The highest BCUT2D eigenvalue weighted by molar-refractivity contribution is 6.43. The minimum absolute atomic E-state index is 0.678. The summed E-state index contributed by atoms with van der Waals surface area (Å²) in [6, 6.07) is 0. The Hall–Kier alpha value is -1.57. The number of rotatable bonds is 7. The summed E-state index contributed by atoms with van der Waals surface area (Å²) in [7, 11) is -2.41. The highest BCUT2D eigenvalue weighted by atomic mass is 16.8. The highest BCUT2D eigenvalue weighted by Crippen LogP contribution is 2.03. The Balaban J connectivity index is 0. The zero-order chi connectivity index (χ0) is 17.8. The number of hydrogen-bond acceptors (Lipinski definition) is 6. The first-order valence-electron chi connectivity index (χ1n) is 7.68. The van der Waals surface area contributed by atoms with Crippen LogP contribution < -0.4 is 0 Å². The summed E-state index contributed by atoms with van der Waals surface area (Å²) in [5, 5.41) is 0. The van der Waals surface area contributed by atoms with Gasteiger partial charge in [0.15, 0.2) is 0 Å². The Bertz CT molecular complexity index is 302. The minimum Gasteiger partial charge on any atom is -0.625 e. The van der Waals surface area contributed by atoms with Crippen molar-refractivity contribution in [1.82, 2.24) is 0 Å². The van der Waals surface area contributed by atoms with Crippen LogP contribution in [0.5, 0.6) is 0 Å². The number of hydrogen-bond donors (Lipinski definition) is 0. The lowest BCUT2D eigenvalue weighted by Crippen LogP contribution is -2.47. The van der Waals surface area contributed by atoms with Crippen LogP contribution in [-0.4, -0.2) is 55.9 Å². The van der Waals surface area contributed by atoms with Gasteiger partial charge in [-0.2, -0.15) is 0 Å². The molecule has 0 atom stereocenters. The van der Waals surface area contributed by atoms with Crippen molar-refractivity contribution < 1.29 is 32.8 Å². The smallest absolute Gasteiger partial charge is 0.541 e. The largest absolute Gasteiger partial charge is 0.625 e. The molecule has 0 bridgehead atoms. The average molecular weight is 319 g/mol. The predicted octanol–water partition coefficient (Wildman–Crippen LogP) is 1.28. The van der Waals surface area contributed by atoms with Gasteiger partial charge in [-0.25, -0.2) is 0 Å². The van der Waals surface area contributed by atoms with Crippen molar-refractivity contribution in [2.24, 2.45) is 0 Å². The standard InChI is InChI=1S/C8H20N.C6H10BO6/c1-5-9(6-2,7-3)8-4;1-4(8)11-7(12-5(2)9)13-6(3)10/h5-8H2,1-4H3;7H,1-3H3/q+1;-1. The fourth-order valence-electron chi connectivity index (χ4n) is 1.93. The third-order valence-corrected chi connectivity index (χ3v) is 3.65. The Morgan fingerprint density at radius 2 is 0.909 bits per heavy atom. The van der Waals surface area contributed by atoms with E-state index in [4.69, 9.17) is 0 Å². The maximum atomic E-state index is 10.4. The second kappa shape index (κ2) is 12.0. The predicted molar refractivity (Wildman–Crippen MR) is 84.9 cm³/mol. The first kappa shape index (κ1) is 22.7. The fourth-order valence-corrected chi connectivity index (χ4v) is 1.93.